The number of nitrogens with one attached hydrogen (secondary N) is 1. The Balaban J connectivity index is 2.34. The van der Waals surface area contributed by atoms with Crippen LogP contribution in [0.4, 0.5) is 4.39 Å². The van der Waals surface area contributed by atoms with Crippen molar-refractivity contribution in [2.75, 3.05) is 6.54 Å². The molecule has 3 nitrogen and oxygen atoms in total. The molecule has 0 aliphatic carbocycles. The van der Waals surface area contributed by atoms with Crippen LogP contribution in [0.1, 0.15) is 19.4 Å². The smallest absolute Gasteiger partial charge is 0.139 e. The number of imidazole rings is 1. The van der Waals surface area contributed by atoms with Crippen LogP contribution in [0.3, 0.4) is 0 Å². The molecule has 96 valence electrons. The molecule has 0 bridgehead atoms. The Kier molecular flexibility index (Phi) is 4.10. The number of hydrogen-bond donors (Lipinski definition) is 1. The Morgan fingerprint density at radius 3 is 2.89 bits per heavy atom. The average Bonchev–Trinajstić information content (AvgIpc) is 2.86. The van der Waals surface area contributed by atoms with Crippen molar-refractivity contribution < 1.29 is 4.39 Å². The van der Waals surface area contributed by atoms with Crippen LogP contribution in [-0.2, 0) is 13.1 Å². The Labute approximate surface area is 107 Å². The minimum Gasteiger partial charge on any atom is -0.331 e. The maximum Gasteiger partial charge on any atom is 0.139 e. The fourth-order valence-electron chi connectivity index (χ4n) is 1.93. The molecule has 0 aliphatic rings. The van der Waals surface area contributed by atoms with Gasteiger partial charge in [0, 0.05) is 36.6 Å². The van der Waals surface area contributed by atoms with E-state index in [4.69, 9.17) is 0 Å². The zero-order valence-electron chi connectivity index (χ0n) is 10.8. The summed E-state index contributed by atoms with van der Waals surface area (Å²) in [6.45, 7) is 6.30. The van der Waals surface area contributed by atoms with E-state index in [1.54, 1.807) is 12.3 Å². The lowest BCUT2D eigenvalue weighted by atomic mass is 10.1. The van der Waals surface area contributed by atoms with E-state index in [2.05, 4.69) is 17.2 Å². The van der Waals surface area contributed by atoms with Gasteiger partial charge in [0.1, 0.15) is 11.6 Å². The van der Waals surface area contributed by atoms with Gasteiger partial charge in [0.15, 0.2) is 0 Å². The zero-order chi connectivity index (χ0) is 13.0. The molecule has 1 N–H and O–H groups in total. The van der Waals surface area contributed by atoms with E-state index in [1.165, 1.54) is 6.07 Å². The molecule has 0 amide bonds. The van der Waals surface area contributed by atoms with Crippen molar-refractivity contribution >= 4 is 0 Å². The number of halogens is 1. The summed E-state index contributed by atoms with van der Waals surface area (Å²) in [4.78, 5) is 4.33. The van der Waals surface area contributed by atoms with Crippen molar-refractivity contribution in [3.8, 4) is 11.4 Å². The standard InChI is InChI=1S/C14H18FN3/c1-3-16-10-12-9-11(5-6-13(12)15)14-17-7-8-18(14)4-2/h5-9,16H,3-4,10H2,1-2H3. The predicted molar refractivity (Wildman–Crippen MR) is 70.7 cm³/mol. The third kappa shape index (κ3) is 2.59. The lowest BCUT2D eigenvalue weighted by Gasteiger charge is -2.08. The van der Waals surface area contributed by atoms with E-state index in [9.17, 15) is 4.39 Å². The average molecular weight is 247 g/mol. The minimum atomic E-state index is -0.172. The summed E-state index contributed by atoms with van der Waals surface area (Å²) >= 11 is 0. The van der Waals surface area contributed by atoms with Crippen molar-refractivity contribution in [2.24, 2.45) is 0 Å². The molecular weight excluding hydrogens is 229 g/mol. The van der Waals surface area contributed by atoms with E-state index < -0.39 is 0 Å². The van der Waals surface area contributed by atoms with Crippen LogP contribution in [0, 0.1) is 5.82 Å². The van der Waals surface area contributed by atoms with E-state index in [0.717, 1.165) is 24.5 Å². The molecule has 0 spiro atoms. The van der Waals surface area contributed by atoms with Gasteiger partial charge in [0.25, 0.3) is 0 Å². The highest BCUT2D eigenvalue weighted by Gasteiger charge is 2.08. The molecule has 0 radical (unpaired) electrons. The minimum absolute atomic E-state index is 0.172. The van der Waals surface area contributed by atoms with Crippen molar-refractivity contribution in [1.82, 2.24) is 14.9 Å². The quantitative estimate of drug-likeness (QED) is 0.880. The van der Waals surface area contributed by atoms with Gasteiger partial charge >= 0.3 is 0 Å². The normalized spacial score (nSPS) is 10.8. The van der Waals surface area contributed by atoms with Gasteiger partial charge in [0.2, 0.25) is 0 Å². The fourth-order valence-corrected chi connectivity index (χ4v) is 1.93. The Morgan fingerprint density at radius 1 is 1.33 bits per heavy atom. The first-order chi connectivity index (χ1) is 8.76. The second kappa shape index (κ2) is 5.78. The summed E-state index contributed by atoms with van der Waals surface area (Å²) in [5, 5.41) is 3.14. The molecule has 0 aliphatic heterocycles. The van der Waals surface area contributed by atoms with Crippen molar-refractivity contribution in [2.45, 2.75) is 26.9 Å². The van der Waals surface area contributed by atoms with Gasteiger partial charge in [-0.05, 0) is 31.7 Å². The van der Waals surface area contributed by atoms with E-state index >= 15 is 0 Å². The molecular formula is C14H18FN3. The molecule has 1 heterocycles. The summed E-state index contributed by atoms with van der Waals surface area (Å²) in [6.07, 6.45) is 3.70. The Morgan fingerprint density at radius 2 is 2.17 bits per heavy atom. The molecule has 4 heteroatoms. The van der Waals surface area contributed by atoms with Crippen molar-refractivity contribution in [3.05, 3.63) is 42.0 Å². The first kappa shape index (κ1) is 12.8. The molecule has 0 saturated heterocycles. The molecule has 1 aromatic carbocycles. The maximum absolute atomic E-state index is 13.6. The van der Waals surface area contributed by atoms with E-state index in [-0.39, 0.29) is 5.82 Å². The fraction of sp³-hybridized carbons (Fsp3) is 0.357. The highest BCUT2D eigenvalue weighted by atomic mass is 19.1. The molecule has 0 fully saturated rings. The van der Waals surface area contributed by atoms with Gasteiger partial charge in [-0.25, -0.2) is 9.37 Å². The van der Waals surface area contributed by atoms with Crippen LogP contribution in [0.5, 0.6) is 0 Å². The SMILES string of the molecule is CCNCc1cc(-c2nccn2CC)ccc1F. The summed E-state index contributed by atoms with van der Waals surface area (Å²) in [6, 6.07) is 5.16. The van der Waals surface area contributed by atoms with Gasteiger partial charge < -0.3 is 9.88 Å². The van der Waals surface area contributed by atoms with Gasteiger partial charge in [-0.1, -0.05) is 6.92 Å². The maximum atomic E-state index is 13.6. The highest BCUT2D eigenvalue weighted by molar-refractivity contribution is 5.57. The topological polar surface area (TPSA) is 29.9 Å². The number of aryl methyl sites for hydroxylation is 1. The molecule has 2 rings (SSSR count). The first-order valence-corrected chi connectivity index (χ1v) is 6.27. The lowest BCUT2D eigenvalue weighted by Crippen LogP contribution is -2.13. The summed E-state index contributed by atoms with van der Waals surface area (Å²) < 4.78 is 15.7. The number of nitrogens with zero attached hydrogens (tertiary/aromatic N) is 2. The van der Waals surface area contributed by atoms with Crippen molar-refractivity contribution in [3.63, 3.8) is 0 Å². The Bertz CT molecular complexity index is 520. The molecule has 18 heavy (non-hydrogen) atoms. The second-order valence-electron chi connectivity index (χ2n) is 4.12. The monoisotopic (exact) mass is 247 g/mol. The molecule has 0 unspecified atom stereocenters. The van der Waals surface area contributed by atoms with Gasteiger partial charge in [-0.2, -0.15) is 0 Å². The number of hydrogen-bond acceptors (Lipinski definition) is 2. The van der Waals surface area contributed by atoms with E-state index in [1.807, 2.05) is 23.8 Å². The molecule has 1 aromatic heterocycles. The van der Waals surface area contributed by atoms with Gasteiger partial charge in [-0.15, -0.1) is 0 Å². The van der Waals surface area contributed by atoms with Gasteiger partial charge in [0.05, 0.1) is 0 Å². The largest absolute Gasteiger partial charge is 0.331 e. The van der Waals surface area contributed by atoms with Crippen molar-refractivity contribution in [1.29, 1.82) is 0 Å². The number of aromatic nitrogens is 2. The molecule has 2 aromatic rings. The van der Waals surface area contributed by atoms with Crippen LogP contribution >= 0.6 is 0 Å². The summed E-state index contributed by atoms with van der Waals surface area (Å²) in [5.41, 5.74) is 1.64. The predicted octanol–water partition coefficient (Wildman–Crippen LogP) is 2.82. The number of benzene rings is 1. The van der Waals surface area contributed by atoms with Crippen LogP contribution in [-0.4, -0.2) is 16.1 Å². The third-order valence-corrected chi connectivity index (χ3v) is 2.93. The van der Waals surface area contributed by atoms with E-state index in [0.29, 0.717) is 12.1 Å². The third-order valence-electron chi connectivity index (χ3n) is 2.93. The summed E-state index contributed by atoms with van der Waals surface area (Å²) in [5.74, 6) is 0.713. The molecule has 0 atom stereocenters. The lowest BCUT2D eigenvalue weighted by molar-refractivity contribution is 0.593. The van der Waals surface area contributed by atoms with Crippen LogP contribution in [0.15, 0.2) is 30.6 Å². The second-order valence-corrected chi connectivity index (χ2v) is 4.12. The Hall–Kier alpha value is -1.68. The summed E-state index contributed by atoms with van der Waals surface area (Å²) in [7, 11) is 0. The van der Waals surface area contributed by atoms with Crippen LogP contribution < -0.4 is 5.32 Å². The molecule has 0 saturated carbocycles. The zero-order valence-corrected chi connectivity index (χ0v) is 10.8. The van der Waals surface area contributed by atoms with Gasteiger partial charge in [-0.3, -0.25) is 0 Å². The first-order valence-electron chi connectivity index (χ1n) is 6.27. The van der Waals surface area contributed by atoms with Crippen LogP contribution in [0.25, 0.3) is 11.4 Å². The highest BCUT2D eigenvalue weighted by Crippen LogP contribution is 2.20. The number of rotatable bonds is 5. The van der Waals surface area contributed by atoms with Crippen LogP contribution in [0.2, 0.25) is 0 Å².